The van der Waals surface area contributed by atoms with Crippen LogP contribution in [0.2, 0.25) is 0 Å². The Hall–Kier alpha value is -3.32. The molecule has 356 valence electrons. The summed E-state index contributed by atoms with van der Waals surface area (Å²) in [4.78, 5) is 53.4. The maximum Gasteiger partial charge on any atom is 0.331 e. The van der Waals surface area contributed by atoms with E-state index in [0.717, 1.165) is 175 Å². The van der Waals surface area contributed by atoms with E-state index in [9.17, 15) is 19.2 Å². The Morgan fingerprint density at radius 1 is 0.406 bits per heavy atom. The van der Waals surface area contributed by atoms with Gasteiger partial charge < -0.3 is 42.9 Å². The SMILES string of the molecule is CC[N+]1(Cc2ccccc2)CCCCCCn2c(C)cc(=O)n(c2=O)CCCCCC[N+](CC)(Cc2ccccc2)CCCCCCn2c(=O)cc(C)n(c2=O)CCCCCC1.[Br-].[Br-]. The fourth-order valence-electron chi connectivity index (χ4n) is 10.0. The molecule has 0 radical (unpaired) electrons. The van der Waals surface area contributed by atoms with Gasteiger partial charge in [-0.1, -0.05) is 86.3 Å². The normalized spacial score (nSPS) is 20.9. The van der Waals surface area contributed by atoms with Gasteiger partial charge in [-0.3, -0.25) is 27.9 Å². The van der Waals surface area contributed by atoms with Crippen LogP contribution in [0.15, 0.2) is 92.0 Å². The molecule has 2 aromatic carbocycles. The van der Waals surface area contributed by atoms with E-state index >= 15 is 0 Å². The lowest BCUT2D eigenvalue weighted by Gasteiger charge is -2.38. The van der Waals surface area contributed by atoms with Crippen molar-refractivity contribution in [2.24, 2.45) is 0 Å². The van der Waals surface area contributed by atoms with Crippen molar-refractivity contribution in [2.75, 3.05) is 39.3 Å². The van der Waals surface area contributed by atoms with Gasteiger partial charge in [-0.15, -0.1) is 0 Å². The molecule has 0 atom stereocenters. The first kappa shape index (κ1) is 55.0. The van der Waals surface area contributed by atoms with Crippen LogP contribution >= 0.6 is 0 Å². The molecule has 0 saturated heterocycles. The standard InChI is InChI=1S/C52H80N6O4.2BrH/c1-5-57(43-47-29-17-15-18-30-47)37-25-11-7-21-33-53-45(3)41-49(59)55(51(53)61)35-23-9-13-27-39-58(6-2,44-48-31-19-16-20-32-48)40-28-14-10-24-36-56-50(60)42-46(4)54(52(56)62)34-22-8-12-26-38-57;;/h15-20,29-32,41-42H,5-14,21-28,33-40,43-44H2,1-4H3;2*1H/q+2;;/p-2. The van der Waals surface area contributed by atoms with Gasteiger partial charge in [-0.2, -0.15) is 0 Å². The van der Waals surface area contributed by atoms with Crippen LogP contribution in [0.1, 0.15) is 139 Å². The van der Waals surface area contributed by atoms with Gasteiger partial charge in [0.05, 0.1) is 39.3 Å². The first-order valence-electron chi connectivity index (χ1n) is 24.5. The Morgan fingerprint density at radius 3 is 0.984 bits per heavy atom. The molecular weight excluding hydrogens is 932 g/mol. The molecule has 1 aliphatic rings. The van der Waals surface area contributed by atoms with Crippen LogP contribution in [-0.2, 0) is 39.3 Å². The molecule has 0 fully saturated rings. The minimum atomic E-state index is -0.180. The molecule has 1 aliphatic heterocycles. The predicted octanol–water partition coefficient (Wildman–Crippen LogP) is 2.99. The minimum absolute atomic E-state index is 0. The smallest absolute Gasteiger partial charge is 0.331 e. The van der Waals surface area contributed by atoms with Crippen molar-refractivity contribution in [1.29, 1.82) is 0 Å². The Balaban J connectivity index is 0.00000544. The quantitative estimate of drug-likeness (QED) is 0.279. The van der Waals surface area contributed by atoms with Gasteiger partial charge in [0.15, 0.2) is 0 Å². The monoisotopic (exact) mass is 1010 g/mol. The lowest BCUT2D eigenvalue weighted by atomic mass is 10.1. The zero-order chi connectivity index (χ0) is 44.2. The summed E-state index contributed by atoms with van der Waals surface area (Å²) < 4.78 is 8.69. The Bertz CT molecular complexity index is 2080. The summed E-state index contributed by atoms with van der Waals surface area (Å²) in [6.45, 7) is 19.2. The molecule has 10 nitrogen and oxygen atoms in total. The van der Waals surface area contributed by atoms with Crippen molar-refractivity contribution in [3.8, 4) is 0 Å². The number of rotatable bonds is 6. The molecule has 0 spiro atoms. The van der Waals surface area contributed by atoms with Crippen molar-refractivity contribution < 1.29 is 42.9 Å². The van der Waals surface area contributed by atoms with Gasteiger partial charge in [0.1, 0.15) is 13.1 Å². The number of benzene rings is 2. The van der Waals surface area contributed by atoms with Crippen molar-refractivity contribution in [3.05, 3.63) is 137 Å². The summed E-state index contributed by atoms with van der Waals surface area (Å²) >= 11 is 0. The van der Waals surface area contributed by atoms with Crippen LogP contribution < -0.4 is 56.5 Å². The third kappa shape index (κ3) is 16.5. The topological polar surface area (TPSA) is 88.0 Å². The fraction of sp³-hybridized carbons (Fsp3) is 0.615. The van der Waals surface area contributed by atoms with E-state index in [1.807, 2.05) is 23.0 Å². The number of hydrogen-bond donors (Lipinski definition) is 0. The number of quaternary nitrogens is 2. The van der Waals surface area contributed by atoms with Crippen LogP contribution in [-0.4, -0.2) is 66.5 Å². The van der Waals surface area contributed by atoms with E-state index in [1.54, 1.807) is 12.1 Å². The van der Waals surface area contributed by atoms with E-state index in [2.05, 4.69) is 74.5 Å². The highest BCUT2D eigenvalue weighted by Gasteiger charge is 2.26. The highest BCUT2D eigenvalue weighted by molar-refractivity contribution is 5.14. The maximum atomic E-state index is 13.7. The number of nitrogens with zero attached hydrogens (tertiary/aromatic N) is 6. The maximum absolute atomic E-state index is 13.7. The second-order valence-corrected chi connectivity index (χ2v) is 18.6. The van der Waals surface area contributed by atoms with Gasteiger partial charge in [0, 0.05) is 60.8 Å². The Kier molecular flexibility index (Phi) is 24.6. The van der Waals surface area contributed by atoms with Crippen LogP contribution in [0, 0.1) is 13.8 Å². The second kappa shape index (κ2) is 28.7. The zero-order valence-corrected chi connectivity index (χ0v) is 43.0. The largest absolute Gasteiger partial charge is 1.00 e. The molecule has 3 heterocycles. The molecule has 0 aliphatic carbocycles. The molecule has 0 unspecified atom stereocenters. The molecule has 2 aromatic heterocycles. The summed E-state index contributed by atoms with van der Waals surface area (Å²) in [5, 5.41) is 0. The zero-order valence-electron chi connectivity index (χ0n) is 39.8. The summed E-state index contributed by atoms with van der Waals surface area (Å²) in [5.74, 6) is 0. The van der Waals surface area contributed by atoms with Gasteiger partial charge >= 0.3 is 11.4 Å². The summed E-state index contributed by atoms with van der Waals surface area (Å²) in [7, 11) is 0. The number of aryl methyl sites for hydroxylation is 2. The van der Waals surface area contributed by atoms with Crippen LogP contribution in [0.25, 0.3) is 0 Å². The summed E-state index contributed by atoms with van der Waals surface area (Å²) in [6, 6.07) is 25.0. The van der Waals surface area contributed by atoms with Crippen molar-refractivity contribution in [2.45, 2.75) is 170 Å². The summed E-state index contributed by atoms with van der Waals surface area (Å²) in [6.07, 6.45) is 16.4. The van der Waals surface area contributed by atoms with E-state index in [4.69, 9.17) is 0 Å². The number of hydrogen-bond acceptors (Lipinski definition) is 4. The summed E-state index contributed by atoms with van der Waals surface area (Å²) in [5.41, 5.74) is 3.59. The second-order valence-electron chi connectivity index (χ2n) is 18.6. The molecular formula is C52H80Br2N6O4. The molecule has 5 rings (SSSR count). The Labute approximate surface area is 405 Å². The molecule has 0 N–H and O–H groups in total. The average Bonchev–Trinajstić information content (AvgIpc) is 3.26. The van der Waals surface area contributed by atoms with E-state index in [-0.39, 0.29) is 56.5 Å². The van der Waals surface area contributed by atoms with Gasteiger partial charge in [-0.25, -0.2) is 9.59 Å². The highest BCUT2D eigenvalue weighted by atomic mass is 79.9. The molecule has 4 bridgehead atoms. The molecule has 0 saturated carbocycles. The molecule has 12 heteroatoms. The molecule has 64 heavy (non-hydrogen) atoms. The number of fused-ring (bicyclic) bond motifs is 4. The fourth-order valence-corrected chi connectivity index (χ4v) is 10.0. The van der Waals surface area contributed by atoms with E-state index in [0.29, 0.717) is 26.2 Å². The Morgan fingerprint density at radius 2 is 0.688 bits per heavy atom. The average molecular weight is 1010 g/mol. The highest BCUT2D eigenvalue weighted by Crippen LogP contribution is 2.22. The van der Waals surface area contributed by atoms with Gasteiger partial charge in [0.25, 0.3) is 11.1 Å². The molecule has 4 aromatic rings. The lowest BCUT2D eigenvalue weighted by Crippen LogP contribution is -3.00. The van der Waals surface area contributed by atoms with Crippen LogP contribution in [0.5, 0.6) is 0 Å². The predicted molar refractivity (Wildman–Crippen MR) is 255 cm³/mol. The van der Waals surface area contributed by atoms with E-state index in [1.165, 1.54) is 20.3 Å². The lowest BCUT2D eigenvalue weighted by molar-refractivity contribution is -0.939. The first-order valence-corrected chi connectivity index (χ1v) is 24.5. The minimum Gasteiger partial charge on any atom is -1.00 e. The van der Waals surface area contributed by atoms with Crippen LogP contribution in [0.3, 0.4) is 0 Å². The number of aromatic nitrogens is 4. The van der Waals surface area contributed by atoms with Gasteiger partial charge in [0.2, 0.25) is 0 Å². The van der Waals surface area contributed by atoms with E-state index < -0.39 is 0 Å². The third-order valence-corrected chi connectivity index (χ3v) is 14.1. The third-order valence-electron chi connectivity index (χ3n) is 14.1. The first-order chi connectivity index (χ1) is 30.1. The van der Waals surface area contributed by atoms with Crippen LogP contribution in [0.4, 0.5) is 0 Å². The number of halogens is 2. The molecule has 0 amide bonds. The van der Waals surface area contributed by atoms with Gasteiger partial charge in [-0.05, 0) is 105 Å². The van der Waals surface area contributed by atoms with Crippen molar-refractivity contribution >= 4 is 0 Å². The van der Waals surface area contributed by atoms with Crippen molar-refractivity contribution in [1.82, 2.24) is 18.3 Å². The van der Waals surface area contributed by atoms with Crippen molar-refractivity contribution in [3.63, 3.8) is 0 Å².